The maximum Gasteiger partial charge on any atom is 0.159 e. The molecule has 4 aromatic rings. The molecule has 9 heteroatoms. The van der Waals surface area contributed by atoms with Gasteiger partial charge in [-0.2, -0.15) is 5.26 Å². The lowest BCUT2D eigenvalue weighted by Gasteiger charge is -2.16. The lowest BCUT2D eigenvalue weighted by Crippen LogP contribution is -2.11. The van der Waals surface area contributed by atoms with Gasteiger partial charge in [0.25, 0.3) is 0 Å². The third kappa shape index (κ3) is 7.82. The first kappa shape index (κ1) is 18.1. The van der Waals surface area contributed by atoms with Crippen LogP contribution in [0.2, 0.25) is 5.02 Å². The lowest BCUT2D eigenvalue weighted by molar-refractivity contribution is -0.114. The molecule has 4 rings (SSSR count). The van der Waals surface area contributed by atoms with Gasteiger partial charge in [0.15, 0.2) is 5.78 Å². The van der Waals surface area contributed by atoms with E-state index in [1.54, 1.807) is 31.1 Å². The molecule has 0 unspecified atom stereocenters. The van der Waals surface area contributed by atoms with Crippen molar-refractivity contribution in [2.24, 2.45) is 0 Å². The van der Waals surface area contributed by atoms with E-state index in [1.807, 2.05) is 0 Å². The molecule has 210 valence electrons. The van der Waals surface area contributed by atoms with Crippen LogP contribution in [0.15, 0.2) is 66.7 Å². The van der Waals surface area contributed by atoms with Crippen molar-refractivity contribution in [3.05, 3.63) is 94.2 Å². The van der Waals surface area contributed by atoms with E-state index in [9.17, 15) is 10.1 Å². The molecule has 2 heterocycles. The van der Waals surface area contributed by atoms with Crippen molar-refractivity contribution in [1.82, 2.24) is 14.9 Å². The Morgan fingerprint density at radius 3 is 2.80 bits per heavy atom. The average Bonchev–Trinajstić information content (AvgIpc) is 3.06. The molecule has 0 atom stereocenters. The van der Waals surface area contributed by atoms with Gasteiger partial charge in [-0.25, -0.2) is 0 Å². The van der Waals surface area contributed by atoms with Gasteiger partial charge in [0.2, 0.25) is 0 Å². The number of carbonyl (C=O) groups excluding carboxylic acids is 1. The smallest absolute Gasteiger partial charge is 0.159 e. The largest absolute Gasteiger partial charge is 0.494 e. The Hall–Kier alpha value is -4.45. The van der Waals surface area contributed by atoms with E-state index in [-0.39, 0.29) is 51.7 Å². The maximum absolute atomic E-state index is 13.0. The van der Waals surface area contributed by atoms with Crippen LogP contribution in [0.3, 0.4) is 0 Å². The van der Waals surface area contributed by atoms with Crippen molar-refractivity contribution in [3.8, 4) is 17.6 Å². The summed E-state index contributed by atoms with van der Waals surface area (Å²) in [6, 6.07) is -2.22. The van der Waals surface area contributed by atoms with Crippen molar-refractivity contribution in [3.63, 3.8) is 0 Å². The van der Waals surface area contributed by atoms with Crippen LogP contribution in [0.25, 0.3) is 10.9 Å². The van der Waals surface area contributed by atoms with Crippen molar-refractivity contribution in [2.75, 3.05) is 32.5 Å². The quantitative estimate of drug-likeness (QED) is 0.192. The van der Waals surface area contributed by atoms with Gasteiger partial charge in [0.05, 0.1) is 49.1 Å². The van der Waals surface area contributed by atoms with Crippen LogP contribution >= 0.6 is 11.6 Å². The summed E-state index contributed by atoms with van der Waals surface area (Å²) in [7, 11) is 3.58. The number of allylic oxidation sites excluding steroid dienone is 1. The molecule has 0 bridgehead atoms. The summed E-state index contributed by atoms with van der Waals surface area (Å²) in [5, 5.41) is 12.0. The Labute approximate surface area is 260 Å². The van der Waals surface area contributed by atoms with Crippen LogP contribution in [0.1, 0.15) is 44.5 Å². The SMILES string of the molecule is [2H]c1nc2c([2H])c(OC([2H])([2H])C)c(CC(=O)/C=C/CN(C)C)c([2H])c2c(Nc2c([2H])c([2H])c(OCc3nc(C)c([2H])c([2H])c3[2H])c(Cl)c2[2H])c1C#N. The number of pyridine rings is 2. The fourth-order valence-electron chi connectivity index (χ4n) is 3.54. The fraction of sp³-hybridized carbons (Fsp3) is 0.250. The number of ketones is 1. The number of carbonyl (C=O) groups is 1. The molecule has 0 radical (unpaired) electrons. The number of nitrogens with zero attached hydrogens (tertiary/aromatic N) is 4. The number of anilines is 2. The number of nitrogens with one attached hydrogen (secondary N) is 1. The first-order valence-corrected chi connectivity index (χ1v) is 12.6. The van der Waals surface area contributed by atoms with Gasteiger partial charge in [0.1, 0.15) is 24.2 Å². The Morgan fingerprint density at radius 1 is 1.22 bits per heavy atom. The molecule has 0 aliphatic rings. The maximum atomic E-state index is 13.0. The number of hydrogen-bond donors (Lipinski definition) is 1. The van der Waals surface area contributed by atoms with Crippen LogP contribution in [0.5, 0.6) is 11.5 Å². The molecule has 2 aromatic carbocycles. The minimum absolute atomic E-state index is 0.0460. The van der Waals surface area contributed by atoms with E-state index in [4.69, 9.17) is 36.2 Å². The highest BCUT2D eigenvalue weighted by Crippen LogP contribution is 2.36. The molecule has 0 aliphatic heterocycles. The van der Waals surface area contributed by atoms with E-state index in [0.29, 0.717) is 6.54 Å². The van der Waals surface area contributed by atoms with E-state index < -0.39 is 89.5 Å². The number of aromatic nitrogens is 2. The highest BCUT2D eigenvalue weighted by molar-refractivity contribution is 6.32. The van der Waals surface area contributed by atoms with Gasteiger partial charge in [0, 0.05) is 47.5 Å². The predicted octanol–water partition coefficient (Wildman–Crippen LogP) is 6.41. The molecule has 0 spiro atoms. The predicted molar refractivity (Wildman–Crippen MR) is 162 cm³/mol. The van der Waals surface area contributed by atoms with Crippen LogP contribution in [-0.2, 0) is 17.8 Å². The van der Waals surface area contributed by atoms with Gasteiger partial charge in [-0.05, 0) is 70.3 Å². The number of aryl methyl sites for hydroxylation is 1. The molecule has 41 heavy (non-hydrogen) atoms. The number of likely N-dealkylation sites (N-methyl/N-ethyl adjacent to an activating group) is 1. The van der Waals surface area contributed by atoms with Crippen molar-refractivity contribution in [2.45, 2.75) is 26.9 Å². The number of ether oxygens (including phenoxy) is 2. The van der Waals surface area contributed by atoms with Crippen LogP contribution < -0.4 is 14.8 Å². The molecular formula is C32H32ClN5O3. The molecule has 8 nitrogen and oxygen atoms in total. The summed E-state index contributed by atoms with van der Waals surface area (Å²) in [4.78, 5) is 23.0. The first-order valence-electron chi connectivity index (χ1n) is 17.7. The van der Waals surface area contributed by atoms with Crippen molar-refractivity contribution >= 4 is 39.7 Å². The third-order valence-electron chi connectivity index (χ3n) is 5.33. The van der Waals surface area contributed by atoms with E-state index in [0.717, 1.165) is 6.92 Å². The summed E-state index contributed by atoms with van der Waals surface area (Å²) in [6.45, 7) is 0.0907. The first-order chi connectivity index (χ1) is 24.2. The van der Waals surface area contributed by atoms with Gasteiger partial charge < -0.3 is 19.7 Å². The monoisotopic (exact) mass is 580 g/mol. The zero-order valence-electron chi connectivity index (χ0n) is 33.7. The number of halogens is 1. The van der Waals surface area contributed by atoms with Gasteiger partial charge in [-0.3, -0.25) is 14.8 Å². The zero-order valence-corrected chi connectivity index (χ0v) is 23.4. The van der Waals surface area contributed by atoms with E-state index >= 15 is 0 Å². The van der Waals surface area contributed by atoms with Crippen molar-refractivity contribution in [1.29, 1.82) is 5.26 Å². The number of rotatable bonds is 12. The minimum atomic E-state index is -2.37. The van der Waals surface area contributed by atoms with Crippen LogP contribution in [0, 0.1) is 18.3 Å². The molecule has 0 amide bonds. The molecular weight excluding hydrogens is 538 g/mol. The van der Waals surface area contributed by atoms with Gasteiger partial charge in [-0.15, -0.1) is 0 Å². The minimum Gasteiger partial charge on any atom is -0.494 e. The molecule has 2 aromatic heterocycles. The molecule has 0 saturated carbocycles. The van der Waals surface area contributed by atoms with Crippen molar-refractivity contribution < 1.29 is 29.3 Å². The number of fused-ring (bicyclic) bond motifs is 1. The summed E-state index contributed by atoms with van der Waals surface area (Å²) in [6.07, 6.45) is 1.64. The highest BCUT2D eigenvalue weighted by Gasteiger charge is 2.16. The van der Waals surface area contributed by atoms with E-state index in [2.05, 4.69) is 15.3 Å². The standard InChI is InChI=1S/C32H32ClN5O3/c1-5-40-31-17-29-27(15-22(31)14-26(39)10-7-13-38(3)4)32(23(18-34)19-35-29)37-24-11-12-30(28(33)16-24)41-20-25-9-6-8-21(2)36-25/h6-12,15-17,19H,5,13-14,20H2,1-4H3,(H,35,37)/b10-7+/i5D2,6D,8D,9D,11D,12D,15D,16D,17D,19D. The number of benzene rings is 2. The third-order valence-corrected chi connectivity index (χ3v) is 5.60. The van der Waals surface area contributed by atoms with Gasteiger partial charge in [-0.1, -0.05) is 23.7 Å². The molecule has 1 N–H and O–H groups in total. The summed E-state index contributed by atoms with van der Waals surface area (Å²) >= 11 is 6.47. The second-order valence-electron chi connectivity index (χ2n) is 8.81. The number of nitriles is 1. The summed E-state index contributed by atoms with van der Waals surface area (Å²) in [5.74, 6) is -1.42. The average molecular weight is 581 g/mol. The Balaban J connectivity index is 1.92. The number of hydrogen-bond acceptors (Lipinski definition) is 8. The highest BCUT2D eigenvalue weighted by atomic mass is 35.5. The zero-order chi connectivity index (χ0) is 39.0. The van der Waals surface area contributed by atoms with Gasteiger partial charge >= 0.3 is 0 Å². The summed E-state index contributed by atoms with van der Waals surface area (Å²) < 4.78 is 104. The Bertz CT molecular complexity index is 2160. The topological polar surface area (TPSA) is 100 Å². The fourth-order valence-corrected chi connectivity index (χ4v) is 3.73. The Morgan fingerprint density at radius 2 is 2.05 bits per heavy atom. The second kappa shape index (κ2) is 13.8. The Kier molecular flexibility index (Phi) is 6.06. The second-order valence-corrected chi connectivity index (χ2v) is 9.18. The lowest BCUT2D eigenvalue weighted by atomic mass is 10.0. The van der Waals surface area contributed by atoms with Crippen LogP contribution in [0.4, 0.5) is 11.4 Å². The molecule has 0 aliphatic carbocycles. The van der Waals surface area contributed by atoms with Crippen LogP contribution in [-0.4, -0.2) is 47.9 Å². The normalized spacial score (nSPS) is 15.3. The summed E-state index contributed by atoms with van der Waals surface area (Å²) in [5.41, 5.74) is -1.77. The van der Waals surface area contributed by atoms with E-state index in [1.165, 1.54) is 13.0 Å². The molecule has 0 fully saturated rings. The molecule has 0 saturated heterocycles.